The van der Waals surface area contributed by atoms with E-state index in [4.69, 9.17) is 9.47 Å². The number of benzene rings is 1. The molecular formula is C17H20N4O2. The SMILES string of the molecule is COc1cc(OC)nc(NCCn2c(C)cc3ccccc32)n1. The lowest BCUT2D eigenvalue weighted by atomic mass is 10.2. The van der Waals surface area contributed by atoms with E-state index in [-0.39, 0.29) is 0 Å². The van der Waals surface area contributed by atoms with Crippen LogP contribution in [0.1, 0.15) is 5.69 Å². The number of nitrogens with one attached hydrogen (secondary N) is 1. The number of fused-ring (bicyclic) bond motifs is 1. The molecule has 0 unspecified atom stereocenters. The van der Waals surface area contributed by atoms with Gasteiger partial charge in [0.05, 0.1) is 20.3 Å². The quantitative estimate of drug-likeness (QED) is 0.758. The Morgan fingerprint density at radius 1 is 1.04 bits per heavy atom. The van der Waals surface area contributed by atoms with Gasteiger partial charge in [0.2, 0.25) is 17.7 Å². The van der Waals surface area contributed by atoms with Crippen molar-refractivity contribution in [3.05, 3.63) is 42.1 Å². The highest BCUT2D eigenvalue weighted by Gasteiger charge is 2.07. The molecule has 6 nitrogen and oxygen atoms in total. The highest BCUT2D eigenvalue weighted by molar-refractivity contribution is 5.81. The van der Waals surface area contributed by atoms with Crippen LogP contribution in [0.25, 0.3) is 10.9 Å². The van der Waals surface area contributed by atoms with E-state index in [0.717, 1.165) is 6.54 Å². The van der Waals surface area contributed by atoms with Crippen molar-refractivity contribution in [2.45, 2.75) is 13.5 Å². The number of hydrogen-bond donors (Lipinski definition) is 1. The van der Waals surface area contributed by atoms with Crippen LogP contribution in [0.2, 0.25) is 0 Å². The third-order valence-electron chi connectivity index (χ3n) is 3.73. The van der Waals surface area contributed by atoms with Crippen LogP contribution in [0.3, 0.4) is 0 Å². The lowest BCUT2D eigenvalue weighted by Crippen LogP contribution is -2.13. The smallest absolute Gasteiger partial charge is 0.229 e. The molecule has 2 aromatic heterocycles. The monoisotopic (exact) mass is 312 g/mol. The zero-order valence-corrected chi connectivity index (χ0v) is 13.5. The average molecular weight is 312 g/mol. The molecule has 0 spiro atoms. The van der Waals surface area contributed by atoms with Gasteiger partial charge in [0.1, 0.15) is 0 Å². The number of ether oxygens (including phenoxy) is 2. The van der Waals surface area contributed by atoms with E-state index < -0.39 is 0 Å². The molecule has 0 radical (unpaired) electrons. The minimum Gasteiger partial charge on any atom is -0.481 e. The van der Waals surface area contributed by atoms with Gasteiger partial charge in [-0.1, -0.05) is 18.2 Å². The van der Waals surface area contributed by atoms with E-state index >= 15 is 0 Å². The Balaban J connectivity index is 1.73. The summed E-state index contributed by atoms with van der Waals surface area (Å²) >= 11 is 0. The summed E-state index contributed by atoms with van der Waals surface area (Å²) in [6.45, 7) is 3.64. The predicted molar refractivity (Wildman–Crippen MR) is 90.3 cm³/mol. The van der Waals surface area contributed by atoms with Crippen molar-refractivity contribution in [1.29, 1.82) is 0 Å². The first-order chi connectivity index (χ1) is 11.2. The number of aromatic nitrogens is 3. The number of methoxy groups -OCH3 is 2. The van der Waals surface area contributed by atoms with Crippen LogP contribution in [0.5, 0.6) is 11.8 Å². The molecule has 0 atom stereocenters. The van der Waals surface area contributed by atoms with Crippen molar-refractivity contribution < 1.29 is 9.47 Å². The van der Waals surface area contributed by atoms with Gasteiger partial charge >= 0.3 is 0 Å². The normalized spacial score (nSPS) is 10.7. The van der Waals surface area contributed by atoms with Crippen molar-refractivity contribution in [1.82, 2.24) is 14.5 Å². The molecule has 3 rings (SSSR count). The summed E-state index contributed by atoms with van der Waals surface area (Å²) in [6, 6.07) is 12.2. The van der Waals surface area contributed by atoms with Gasteiger partial charge in [-0.25, -0.2) is 0 Å². The van der Waals surface area contributed by atoms with Gasteiger partial charge in [-0.15, -0.1) is 0 Å². The molecule has 0 amide bonds. The molecule has 1 aromatic carbocycles. The fraction of sp³-hybridized carbons (Fsp3) is 0.294. The van der Waals surface area contributed by atoms with Crippen LogP contribution in [0.4, 0.5) is 5.95 Å². The number of anilines is 1. The molecule has 2 heterocycles. The maximum absolute atomic E-state index is 5.15. The Hall–Kier alpha value is -2.76. The van der Waals surface area contributed by atoms with E-state index in [2.05, 4.69) is 57.1 Å². The summed E-state index contributed by atoms with van der Waals surface area (Å²) < 4.78 is 12.6. The zero-order chi connectivity index (χ0) is 16.2. The van der Waals surface area contributed by atoms with Crippen molar-refractivity contribution in [2.75, 3.05) is 26.1 Å². The van der Waals surface area contributed by atoms with Crippen LogP contribution in [-0.2, 0) is 6.54 Å². The molecule has 0 bridgehead atoms. The Morgan fingerprint density at radius 3 is 2.43 bits per heavy atom. The molecule has 0 aliphatic heterocycles. The van der Waals surface area contributed by atoms with Gasteiger partial charge in [0.15, 0.2) is 0 Å². The van der Waals surface area contributed by atoms with Crippen molar-refractivity contribution in [3.8, 4) is 11.8 Å². The molecule has 0 saturated carbocycles. The van der Waals surface area contributed by atoms with Crippen LogP contribution < -0.4 is 14.8 Å². The standard InChI is InChI=1S/C17H20N4O2/c1-12-10-13-6-4-5-7-14(13)21(12)9-8-18-17-19-15(22-2)11-16(20-17)23-3/h4-7,10-11H,8-9H2,1-3H3,(H,18,19,20). The lowest BCUT2D eigenvalue weighted by molar-refractivity contribution is 0.373. The third kappa shape index (κ3) is 3.21. The van der Waals surface area contributed by atoms with E-state index in [0.29, 0.717) is 24.3 Å². The lowest BCUT2D eigenvalue weighted by Gasteiger charge is -2.11. The second-order valence-electron chi connectivity index (χ2n) is 5.20. The van der Waals surface area contributed by atoms with E-state index in [1.807, 2.05) is 0 Å². The van der Waals surface area contributed by atoms with Crippen molar-refractivity contribution in [3.63, 3.8) is 0 Å². The van der Waals surface area contributed by atoms with Gasteiger partial charge in [-0.2, -0.15) is 9.97 Å². The first kappa shape index (κ1) is 15.1. The topological polar surface area (TPSA) is 61.2 Å². The molecule has 23 heavy (non-hydrogen) atoms. The molecule has 0 saturated heterocycles. The average Bonchev–Trinajstić information content (AvgIpc) is 2.90. The zero-order valence-electron chi connectivity index (χ0n) is 13.5. The van der Waals surface area contributed by atoms with E-state index in [9.17, 15) is 0 Å². The van der Waals surface area contributed by atoms with Crippen LogP contribution in [0.15, 0.2) is 36.4 Å². The highest BCUT2D eigenvalue weighted by atomic mass is 16.5. The van der Waals surface area contributed by atoms with E-state index in [1.54, 1.807) is 20.3 Å². The first-order valence-electron chi connectivity index (χ1n) is 7.47. The van der Waals surface area contributed by atoms with Gasteiger partial charge in [-0.3, -0.25) is 0 Å². The molecule has 1 N–H and O–H groups in total. The highest BCUT2D eigenvalue weighted by Crippen LogP contribution is 2.20. The first-order valence-corrected chi connectivity index (χ1v) is 7.47. The van der Waals surface area contributed by atoms with Crippen LogP contribution in [0, 0.1) is 6.92 Å². The largest absolute Gasteiger partial charge is 0.481 e. The Kier molecular flexibility index (Phi) is 4.32. The number of nitrogens with zero attached hydrogens (tertiary/aromatic N) is 3. The van der Waals surface area contributed by atoms with Gasteiger partial charge in [0, 0.05) is 24.3 Å². The van der Waals surface area contributed by atoms with E-state index in [1.165, 1.54) is 16.6 Å². The molecule has 0 aliphatic carbocycles. The molecule has 120 valence electrons. The van der Waals surface area contributed by atoms with Crippen LogP contribution >= 0.6 is 0 Å². The van der Waals surface area contributed by atoms with Crippen molar-refractivity contribution in [2.24, 2.45) is 0 Å². The summed E-state index contributed by atoms with van der Waals surface area (Å²) in [4.78, 5) is 8.54. The molecule has 0 fully saturated rings. The summed E-state index contributed by atoms with van der Waals surface area (Å²) in [5.74, 6) is 1.44. The predicted octanol–water partition coefficient (Wildman–Crippen LogP) is 2.87. The number of rotatable bonds is 6. The summed E-state index contributed by atoms with van der Waals surface area (Å²) in [6.07, 6.45) is 0. The third-order valence-corrected chi connectivity index (χ3v) is 3.73. The summed E-state index contributed by atoms with van der Waals surface area (Å²) in [5.41, 5.74) is 2.47. The minimum atomic E-state index is 0.474. The molecule has 3 aromatic rings. The summed E-state index contributed by atoms with van der Waals surface area (Å²) in [7, 11) is 3.14. The Morgan fingerprint density at radius 2 is 1.74 bits per heavy atom. The van der Waals surface area contributed by atoms with Gasteiger partial charge < -0.3 is 19.4 Å². The van der Waals surface area contributed by atoms with Gasteiger partial charge in [0.25, 0.3) is 0 Å². The number of hydrogen-bond acceptors (Lipinski definition) is 5. The molecule has 6 heteroatoms. The Bertz CT molecular complexity index is 791. The fourth-order valence-electron chi connectivity index (χ4n) is 2.62. The second-order valence-corrected chi connectivity index (χ2v) is 5.20. The van der Waals surface area contributed by atoms with Crippen LogP contribution in [-0.4, -0.2) is 35.3 Å². The molecular weight excluding hydrogens is 292 g/mol. The van der Waals surface area contributed by atoms with Crippen molar-refractivity contribution >= 4 is 16.9 Å². The second kappa shape index (κ2) is 6.56. The number of para-hydroxylation sites is 1. The van der Waals surface area contributed by atoms with Gasteiger partial charge in [-0.05, 0) is 24.4 Å². The molecule has 0 aliphatic rings. The maximum Gasteiger partial charge on any atom is 0.229 e. The summed E-state index contributed by atoms with van der Waals surface area (Å²) in [5, 5.41) is 4.48. The maximum atomic E-state index is 5.15. The number of aryl methyl sites for hydroxylation is 1. The minimum absolute atomic E-state index is 0.474. The fourth-order valence-corrected chi connectivity index (χ4v) is 2.62. The Labute approximate surface area is 135 Å².